The van der Waals surface area contributed by atoms with E-state index in [0.29, 0.717) is 0 Å². The van der Waals surface area contributed by atoms with Crippen LogP contribution in [0, 0.1) is 0 Å². The lowest BCUT2D eigenvalue weighted by molar-refractivity contribution is -0.346. The van der Waals surface area contributed by atoms with E-state index in [-0.39, 0.29) is 23.3 Å². The molecule has 2 heterocycles. The number of aliphatic hydroxyl groups is 3. The lowest BCUT2D eigenvalue weighted by Crippen LogP contribution is -2.64. The lowest BCUT2D eigenvalue weighted by atomic mass is 9.97. The first kappa shape index (κ1) is 31.3. The Labute approximate surface area is 252 Å². The van der Waals surface area contributed by atoms with Crippen molar-refractivity contribution >= 4 is 17.9 Å². The number of benzene rings is 3. The van der Waals surface area contributed by atoms with Crippen molar-refractivity contribution in [3.63, 3.8) is 0 Å². The van der Waals surface area contributed by atoms with Gasteiger partial charge in [0.2, 0.25) is 0 Å². The number of rotatable bonds is 8. The second-order valence-corrected chi connectivity index (χ2v) is 10.3. The first-order valence-electron chi connectivity index (χ1n) is 14.0. The Balaban J connectivity index is 1.52. The number of hydrogen-bond donors (Lipinski definition) is 3. The van der Waals surface area contributed by atoms with Crippen molar-refractivity contribution in [3.8, 4) is 0 Å². The summed E-state index contributed by atoms with van der Waals surface area (Å²) in [5.41, 5.74) is 0.524. The molecule has 12 nitrogen and oxygen atoms in total. The van der Waals surface area contributed by atoms with Crippen molar-refractivity contribution in [3.05, 3.63) is 108 Å². The Morgan fingerprint density at radius 1 is 0.636 bits per heavy atom. The molecular formula is C32H32O12. The highest BCUT2D eigenvalue weighted by molar-refractivity contribution is 5.91. The molecule has 5 rings (SSSR count). The minimum Gasteiger partial charge on any atom is -0.452 e. The third kappa shape index (κ3) is 7.13. The molecule has 0 unspecified atom stereocenters. The van der Waals surface area contributed by atoms with Crippen molar-refractivity contribution in [2.45, 2.75) is 62.2 Å². The molecule has 3 aromatic rings. The molecule has 12 heteroatoms. The van der Waals surface area contributed by atoms with Gasteiger partial charge in [-0.3, -0.25) is 0 Å². The van der Waals surface area contributed by atoms with Crippen LogP contribution in [0.1, 0.15) is 38.0 Å². The molecule has 0 radical (unpaired) electrons. The molecule has 3 N–H and O–H groups in total. The minimum atomic E-state index is -1.68. The topological polar surface area (TPSA) is 167 Å². The first-order chi connectivity index (χ1) is 21.2. The highest BCUT2D eigenvalue weighted by Crippen LogP contribution is 2.33. The van der Waals surface area contributed by atoms with Crippen LogP contribution in [0.3, 0.4) is 0 Å². The lowest BCUT2D eigenvalue weighted by Gasteiger charge is -2.46. The van der Waals surface area contributed by atoms with Crippen molar-refractivity contribution in [1.29, 1.82) is 0 Å². The van der Waals surface area contributed by atoms with E-state index in [1.165, 1.54) is 43.3 Å². The highest BCUT2D eigenvalue weighted by Gasteiger charge is 2.54. The Bertz CT molecular complexity index is 1400. The highest BCUT2D eigenvalue weighted by atomic mass is 16.7. The van der Waals surface area contributed by atoms with Gasteiger partial charge < -0.3 is 43.7 Å². The van der Waals surface area contributed by atoms with E-state index in [1.54, 1.807) is 54.6 Å². The molecule has 9 atom stereocenters. The van der Waals surface area contributed by atoms with Gasteiger partial charge in [-0.2, -0.15) is 0 Å². The predicted octanol–water partition coefficient (Wildman–Crippen LogP) is 1.86. The standard InChI is InChI=1S/C32H32O12/c1-18-24(41-28(35)19-11-5-2-6-12-19)26(42-29(36)20-13-7-3-8-14-20)27(43-30(37)21-15-9-4-10-16-21)32(40-18)44-25-23(34)22(33)17-39-31(25)38/h2-16,18,22-27,31-34,38H,17H2,1H3/t18-,22-,23-,24-,25+,26+,27+,31+,32-/m0/s1. The molecule has 3 aromatic carbocycles. The van der Waals surface area contributed by atoms with Crippen LogP contribution in [0.15, 0.2) is 91.0 Å². The van der Waals surface area contributed by atoms with Crippen LogP contribution in [0.5, 0.6) is 0 Å². The molecule has 2 aliphatic rings. The number of aliphatic hydroxyl groups excluding tert-OH is 3. The fraction of sp³-hybridized carbons (Fsp3) is 0.344. The van der Waals surface area contributed by atoms with Crippen molar-refractivity contribution in [1.82, 2.24) is 0 Å². The van der Waals surface area contributed by atoms with Crippen molar-refractivity contribution in [2.75, 3.05) is 6.61 Å². The fourth-order valence-corrected chi connectivity index (χ4v) is 4.88. The molecule has 0 aromatic heterocycles. The van der Waals surface area contributed by atoms with Crippen LogP contribution >= 0.6 is 0 Å². The minimum absolute atomic E-state index is 0.146. The summed E-state index contributed by atoms with van der Waals surface area (Å²) in [7, 11) is 0. The molecule has 232 valence electrons. The zero-order valence-electron chi connectivity index (χ0n) is 23.6. The predicted molar refractivity (Wildman–Crippen MR) is 150 cm³/mol. The maximum Gasteiger partial charge on any atom is 0.338 e. The molecule has 0 saturated carbocycles. The third-order valence-electron chi connectivity index (χ3n) is 7.23. The smallest absolute Gasteiger partial charge is 0.338 e. The third-order valence-corrected chi connectivity index (χ3v) is 7.23. The van der Waals surface area contributed by atoms with Gasteiger partial charge in [-0.05, 0) is 43.3 Å². The largest absolute Gasteiger partial charge is 0.452 e. The van der Waals surface area contributed by atoms with Gasteiger partial charge in [0.25, 0.3) is 0 Å². The van der Waals surface area contributed by atoms with Crippen LogP contribution in [0.4, 0.5) is 0 Å². The summed E-state index contributed by atoms with van der Waals surface area (Å²) in [4.78, 5) is 39.8. The van der Waals surface area contributed by atoms with E-state index in [2.05, 4.69) is 0 Å². The summed E-state index contributed by atoms with van der Waals surface area (Å²) in [5.74, 6) is -2.42. The van der Waals surface area contributed by atoms with E-state index in [4.69, 9.17) is 28.4 Å². The van der Waals surface area contributed by atoms with Gasteiger partial charge >= 0.3 is 17.9 Å². The molecule has 2 fully saturated rings. The van der Waals surface area contributed by atoms with Crippen molar-refractivity contribution in [2.24, 2.45) is 0 Å². The van der Waals surface area contributed by atoms with Crippen molar-refractivity contribution < 1.29 is 58.1 Å². The van der Waals surface area contributed by atoms with Crippen LogP contribution in [0.2, 0.25) is 0 Å². The second-order valence-electron chi connectivity index (χ2n) is 10.3. The Hall–Kier alpha value is -4.17. The summed E-state index contributed by atoms with van der Waals surface area (Å²) in [5, 5.41) is 31.1. The molecular weight excluding hydrogens is 576 g/mol. The first-order valence-corrected chi connectivity index (χ1v) is 14.0. The Kier molecular flexibility index (Phi) is 10.0. The van der Waals surface area contributed by atoms with Gasteiger partial charge in [0, 0.05) is 0 Å². The zero-order valence-corrected chi connectivity index (χ0v) is 23.6. The quantitative estimate of drug-likeness (QED) is 0.251. The van der Waals surface area contributed by atoms with Gasteiger partial charge in [-0.1, -0.05) is 54.6 Å². The van der Waals surface area contributed by atoms with Crippen LogP contribution in [-0.2, 0) is 28.4 Å². The number of carbonyl (C=O) groups excluding carboxylic acids is 3. The maximum absolute atomic E-state index is 13.3. The Morgan fingerprint density at radius 2 is 1.07 bits per heavy atom. The van der Waals surface area contributed by atoms with Gasteiger partial charge in [0.1, 0.15) is 18.3 Å². The molecule has 2 saturated heterocycles. The average Bonchev–Trinajstić information content (AvgIpc) is 3.05. The van der Waals surface area contributed by atoms with Crippen LogP contribution in [-0.4, -0.2) is 95.1 Å². The molecule has 0 spiro atoms. The molecule has 0 aliphatic carbocycles. The monoisotopic (exact) mass is 608 g/mol. The number of esters is 3. The summed E-state index contributed by atoms with van der Waals surface area (Å²) < 4.78 is 34.5. The summed E-state index contributed by atoms with van der Waals surface area (Å²) in [6, 6.07) is 24.1. The van der Waals surface area contributed by atoms with E-state index in [0.717, 1.165) is 0 Å². The molecule has 44 heavy (non-hydrogen) atoms. The van der Waals surface area contributed by atoms with E-state index in [9.17, 15) is 29.7 Å². The number of carbonyl (C=O) groups is 3. The van der Waals surface area contributed by atoms with Gasteiger partial charge in [-0.25, -0.2) is 14.4 Å². The molecule has 0 bridgehead atoms. The maximum atomic E-state index is 13.3. The van der Waals surface area contributed by atoms with E-state index >= 15 is 0 Å². The SMILES string of the molecule is C[C@@H]1O[C@@H](O[C@@H]2[C@@H](O)[C@@H](O)CO[C@H]2O)[C@H](OC(=O)c2ccccc2)[C@H](OC(=O)c2ccccc2)[C@H]1OC(=O)c1ccccc1. The van der Waals surface area contributed by atoms with Gasteiger partial charge in [0.05, 0.1) is 29.4 Å². The fourth-order valence-electron chi connectivity index (χ4n) is 4.88. The summed E-state index contributed by atoms with van der Waals surface area (Å²) in [6.45, 7) is 1.17. The van der Waals surface area contributed by atoms with E-state index < -0.39 is 73.2 Å². The van der Waals surface area contributed by atoms with Gasteiger partial charge in [0.15, 0.2) is 30.9 Å². The van der Waals surface area contributed by atoms with Gasteiger partial charge in [-0.15, -0.1) is 0 Å². The number of hydrogen-bond acceptors (Lipinski definition) is 12. The summed E-state index contributed by atoms with van der Waals surface area (Å²) >= 11 is 0. The van der Waals surface area contributed by atoms with E-state index in [1.807, 2.05) is 0 Å². The normalized spacial score (nSPS) is 30.1. The summed E-state index contributed by atoms with van der Waals surface area (Å²) in [6.07, 6.45) is -13.3. The zero-order chi connectivity index (χ0) is 31.2. The molecule has 2 aliphatic heterocycles. The van der Waals surface area contributed by atoms with Crippen LogP contribution in [0.25, 0.3) is 0 Å². The Morgan fingerprint density at radius 3 is 1.55 bits per heavy atom. The van der Waals surface area contributed by atoms with Crippen LogP contribution < -0.4 is 0 Å². The second kappa shape index (κ2) is 14.1. The average molecular weight is 609 g/mol. The molecule has 0 amide bonds. The number of ether oxygens (including phenoxy) is 6.